The molecule has 1 aliphatic carbocycles. The van der Waals surface area contributed by atoms with Gasteiger partial charge in [-0.15, -0.1) is 11.3 Å². The smallest absolute Gasteiger partial charge is 0.318 e. The summed E-state index contributed by atoms with van der Waals surface area (Å²) in [4.78, 5) is 30.0. The Morgan fingerprint density at radius 3 is 2.83 bits per heavy atom. The second-order valence-corrected chi connectivity index (χ2v) is 6.48. The van der Waals surface area contributed by atoms with Crippen LogP contribution in [0.2, 0.25) is 0 Å². The summed E-state index contributed by atoms with van der Waals surface area (Å²) in [6.45, 7) is 0.754. The highest BCUT2D eigenvalue weighted by molar-refractivity contribution is 7.13. The zero-order valence-corrected chi connectivity index (χ0v) is 14.2. The van der Waals surface area contributed by atoms with E-state index < -0.39 is 0 Å². The average Bonchev–Trinajstić information content (AvgIpc) is 3.05. The van der Waals surface area contributed by atoms with Crippen molar-refractivity contribution in [1.82, 2.24) is 15.2 Å². The summed E-state index contributed by atoms with van der Waals surface area (Å²) < 4.78 is 5.04. The summed E-state index contributed by atoms with van der Waals surface area (Å²) in [5.74, 6) is -0.255. The topological polar surface area (TPSA) is 83.6 Å². The molecule has 0 radical (unpaired) electrons. The Morgan fingerprint density at radius 1 is 1.39 bits per heavy atom. The fourth-order valence-corrected chi connectivity index (χ4v) is 3.13. The van der Waals surface area contributed by atoms with Crippen LogP contribution in [0.15, 0.2) is 11.6 Å². The Balaban J connectivity index is 1.86. The van der Waals surface area contributed by atoms with Crippen molar-refractivity contribution in [3.63, 3.8) is 0 Å². The fourth-order valence-electron chi connectivity index (χ4n) is 2.58. The van der Waals surface area contributed by atoms with Crippen molar-refractivity contribution in [3.8, 4) is 0 Å². The summed E-state index contributed by atoms with van der Waals surface area (Å²) in [5.41, 5.74) is 0. The Labute approximate surface area is 140 Å². The van der Waals surface area contributed by atoms with Gasteiger partial charge in [0.25, 0.3) is 0 Å². The molecule has 0 aliphatic heterocycles. The van der Waals surface area contributed by atoms with Crippen LogP contribution in [-0.4, -0.2) is 54.7 Å². The minimum atomic E-state index is -0.255. The minimum absolute atomic E-state index is 0.0124. The molecule has 1 aromatic heterocycles. The van der Waals surface area contributed by atoms with Crippen molar-refractivity contribution in [2.45, 2.75) is 38.1 Å². The third-order valence-electron chi connectivity index (χ3n) is 3.80. The van der Waals surface area contributed by atoms with Crippen LogP contribution in [0.3, 0.4) is 0 Å². The third kappa shape index (κ3) is 6.15. The largest absolute Gasteiger partial charge is 0.383 e. The van der Waals surface area contributed by atoms with Gasteiger partial charge in [-0.3, -0.25) is 4.79 Å². The molecule has 0 atom stereocenters. The highest BCUT2D eigenvalue weighted by Gasteiger charge is 2.21. The molecular formula is C15H24N4O3S. The van der Waals surface area contributed by atoms with E-state index in [-0.39, 0.29) is 24.5 Å². The van der Waals surface area contributed by atoms with E-state index in [1.54, 1.807) is 18.7 Å². The maximum Gasteiger partial charge on any atom is 0.318 e. The van der Waals surface area contributed by atoms with Gasteiger partial charge >= 0.3 is 6.03 Å². The number of amides is 3. The summed E-state index contributed by atoms with van der Waals surface area (Å²) >= 11 is 1.35. The number of hydrogen-bond donors (Lipinski definition) is 2. The second kappa shape index (κ2) is 9.46. The predicted octanol–water partition coefficient (Wildman–Crippen LogP) is 2.07. The lowest BCUT2D eigenvalue weighted by Crippen LogP contribution is -2.49. The predicted molar refractivity (Wildman–Crippen MR) is 89.6 cm³/mol. The first-order valence-electron chi connectivity index (χ1n) is 7.92. The van der Waals surface area contributed by atoms with E-state index in [9.17, 15) is 9.59 Å². The molecule has 1 aliphatic rings. The number of methoxy groups -OCH3 is 1. The quantitative estimate of drug-likeness (QED) is 0.796. The van der Waals surface area contributed by atoms with Gasteiger partial charge in [-0.05, 0) is 12.8 Å². The number of rotatable bonds is 7. The maximum absolute atomic E-state index is 12.4. The van der Waals surface area contributed by atoms with Crippen molar-refractivity contribution in [1.29, 1.82) is 0 Å². The zero-order valence-electron chi connectivity index (χ0n) is 13.4. The highest BCUT2D eigenvalue weighted by atomic mass is 32.1. The summed E-state index contributed by atoms with van der Waals surface area (Å²) in [6, 6.07) is 0.00607. The van der Waals surface area contributed by atoms with Crippen LogP contribution in [0.25, 0.3) is 0 Å². The molecule has 0 bridgehead atoms. The number of carbonyl (C=O) groups excluding carboxylic acids is 2. The van der Waals surface area contributed by atoms with Crippen molar-refractivity contribution in [2.24, 2.45) is 0 Å². The molecule has 23 heavy (non-hydrogen) atoms. The third-order valence-corrected chi connectivity index (χ3v) is 4.49. The number of ether oxygens (including phenoxy) is 1. The van der Waals surface area contributed by atoms with E-state index in [0.717, 1.165) is 25.7 Å². The molecule has 3 amide bonds. The molecule has 0 unspecified atom stereocenters. The van der Waals surface area contributed by atoms with Gasteiger partial charge in [-0.1, -0.05) is 19.3 Å². The van der Waals surface area contributed by atoms with E-state index in [2.05, 4.69) is 15.6 Å². The summed E-state index contributed by atoms with van der Waals surface area (Å²) in [5, 5.41) is 8.05. The molecule has 128 valence electrons. The highest BCUT2D eigenvalue weighted by Crippen LogP contribution is 2.17. The zero-order chi connectivity index (χ0) is 16.5. The first-order valence-corrected chi connectivity index (χ1v) is 8.80. The molecule has 1 saturated carbocycles. The van der Waals surface area contributed by atoms with E-state index in [1.807, 2.05) is 0 Å². The van der Waals surface area contributed by atoms with Crippen LogP contribution in [0, 0.1) is 0 Å². The van der Waals surface area contributed by atoms with Gasteiger partial charge in [-0.25, -0.2) is 9.78 Å². The number of nitrogens with zero attached hydrogens (tertiary/aromatic N) is 2. The van der Waals surface area contributed by atoms with Crippen LogP contribution >= 0.6 is 11.3 Å². The van der Waals surface area contributed by atoms with Crippen LogP contribution in [0.1, 0.15) is 32.1 Å². The van der Waals surface area contributed by atoms with E-state index in [1.165, 1.54) is 22.7 Å². The van der Waals surface area contributed by atoms with Gasteiger partial charge in [0, 0.05) is 31.3 Å². The average molecular weight is 340 g/mol. The van der Waals surface area contributed by atoms with Gasteiger partial charge in [0.15, 0.2) is 5.13 Å². The molecule has 8 heteroatoms. The van der Waals surface area contributed by atoms with Crippen molar-refractivity contribution < 1.29 is 14.3 Å². The summed E-state index contributed by atoms with van der Waals surface area (Å²) in [7, 11) is 1.58. The monoisotopic (exact) mass is 340 g/mol. The lowest BCUT2D eigenvalue weighted by molar-refractivity contribution is -0.116. The van der Waals surface area contributed by atoms with Crippen LogP contribution in [-0.2, 0) is 9.53 Å². The Bertz CT molecular complexity index is 489. The molecule has 1 aromatic rings. The molecule has 0 aromatic carbocycles. The number of aromatic nitrogens is 1. The SMILES string of the molecule is COCCN(CC(=O)Nc1nccs1)C(=O)NC1CCCCC1. The second-order valence-electron chi connectivity index (χ2n) is 5.58. The maximum atomic E-state index is 12.4. The number of hydrogen-bond acceptors (Lipinski definition) is 5. The number of thiazole rings is 1. The van der Waals surface area contributed by atoms with Crippen molar-refractivity contribution in [2.75, 3.05) is 32.1 Å². The van der Waals surface area contributed by atoms with E-state index in [0.29, 0.717) is 18.3 Å². The minimum Gasteiger partial charge on any atom is -0.383 e. The molecule has 0 saturated heterocycles. The van der Waals surface area contributed by atoms with Gasteiger partial charge in [0.05, 0.1) is 6.61 Å². The molecule has 7 nitrogen and oxygen atoms in total. The number of carbonyl (C=O) groups is 2. The van der Waals surface area contributed by atoms with Gasteiger partial charge in [-0.2, -0.15) is 0 Å². The molecule has 2 N–H and O–H groups in total. The van der Waals surface area contributed by atoms with Gasteiger partial charge in [0.2, 0.25) is 5.91 Å². The van der Waals surface area contributed by atoms with Gasteiger partial charge < -0.3 is 20.3 Å². The van der Waals surface area contributed by atoms with Crippen LogP contribution < -0.4 is 10.6 Å². The molecule has 0 spiro atoms. The first-order chi connectivity index (χ1) is 11.2. The first kappa shape index (κ1) is 17.7. The van der Waals surface area contributed by atoms with Crippen LogP contribution in [0.5, 0.6) is 0 Å². The molecule has 1 fully saturated rings. The molecule has 1 heterocycles. The van der Waals surface area contributed by atoms with E-state index in [4.69, 9.17) is 4.74 Å². The van der Waals surface area contributed by atoms with E-state index >= 15 is 0 Å². The summed E-state index contributed by atoms with van der Waals surface area (Å²) in [6.07, 6.45) is 7.17. The fraction of sp³-hybridized carbons (Fsp3) is 0.667. The molecule has 2 rings (SSSR count). The Morgan fingerprint density at radius 2 is 2.17 bits per heavy atom. The number of anilines is 1. The normalized spacial score (nSPS) is 15.2. The number of urea groups is 1. The number of nitrogens with one attached hydrogen (secondary N) is 2. The van der Waals surface area contributed by atoms with Gasteiger partial charge in [0.1, 0.15) is 6.54 Å². The van der Waals surface area contributed by atoms with Crippen molar-refractivity contribution >= 4 is 28.4 Å². The Kier molecular flexibility index (Phi) is 7.28. The standard InChI is InChI=1S/C15H24N4O3S/c1-22-9-8-19(11-13(20)18-14-16-7-10-23-14)15(21)17-12-5-3-2-4-6-12/h7,10,12H,2-6,8-9,11H2,1H3,(H,17,21)(H,16,18,20). The lowest BCUT2D eigenvalue weighted by Gasteiger charge is -2.28. The van der Waals surface area contributed by atoms with Crippen molar-refractivity contribution in [3.05, 3.63) is 11.6 Å². The Hall–Kier alpha value is -1.67. The lowest BCUT2D eigenvalue weighted by atomic mass is 9.96. The molecular weight excluding hydrogens is 316 g/mol. The van der Waals surface area contributed by atoms with Crippen LogP contribution in [0.4, 0.5) is 9.93 Å².